The maximum Gasteiger partial charge on any atom is 0.256 e. The fourth-order valence-corrected chi connectivity index (χ4v) is 1.47. The lowest BCUT2D eigenvalue weighted by molar-refractivity contribution is 0.102. The molecule has 0 spiro atoms. The molecule has 0 radical (unpaired) electrons. The van der Waals surface area contributed by atoms with E-state index < -0.39 is 0 Å². The van der Waals surface area contributed by atoms with Crippen molar-refractivity contribution in [2.45, 2.75) is 6.42 Å². The van der Waals surface area contributed by atoms with E-state index in [9.17, 15) is 4.79 Å². The number of nitrogens with zero attached hydrogens (tertiary/aromatic N) is 2. The third-order valence-electron chi connectivity index (χ3n) is 2.39. The minimum Gasteiger partial charge on any atom is -0.395 e. The first kappa shape index (κ1) is 13.7. The number of hydrogen-bond acceptors (Lipinski definition) is 4. The molecule has 20 heavy (non-hydrogen) atoms. The van der Waals surface area contributed by atoms with Gasteiger partial charge in [0.25, 0.3) is 5.91 Å². The van der Waals surface area contributed by atoms with Crippen molar-refractivity contribution in [1.29, 1.82) is 0 Å². The second-order valence-electron chi connectivity index (χ2n) is 3.87. The standard InChI is InChI=1S/C15H13N3O2/c19-11-2-1-4-13-5-3-6-14(17-13)18-15(20)12-7-9-16-10-8-12/h3,5-10,19H,2,11H2,(H,17,18,20). The number of rotatable bonds is 3. The van der Waals surface area contributed by atoms with Gasteiger partial charge in [0.05, 0.1) is 6.61 Å². The molecule has 0 atom stereocenters. The van der Waals surface area contributed by atoms with Crippen LogP contribution in [0.5, 0.6) is 0 Å². The van der Waals surface area contributed by atoms with Crippen LogP contribution in [0.1, 0.15) is 22.5 Å². The van der Waals surface area contributed by atoms with Crippen LogP contribution in [0, 0.1) is 11.8 Å². The topological polar surface area (TPSA) is 75.1 Å². The molecule has 0 aliphatic heterocycles. The third kappa shape index (κ3) is 3.90. The number of carbonyl (C=O) groups excluding carboxylic acids is 1. The van der Waals surface area contributed by atoms with Gasteiger partial charge in [0.2, 0.25) is 0 Å². The predicted octanol–water partition coefficient (Wildman–Crippen LogP) is 1.46. The van der Waals surface area contributed by atoms with E-state index in [-0.39, 0.29) is 12.5 Å². The van der Waals surface area contributed by atoms with Gasteiger partial charge in [-0.25, -0.2) is 4.98 Å². The maximum absolute atomic E-state index is 11.9. The van der Waals surface area contributed by atoms with Crippen molar-refractivity contribution in [3.05, 3.63) is 54.0 Å². The molecule has 0 bridgehead atoms. The molecule has 0 aliphatic carbocycles. The first-order chi connectivity index (χ1) is 9.79. The first-order valence-corrected chi connectivity index (χ1v) is 6.08. The summed E-state index contributed by atoms with van der Waals surface area (Å²) in [7, 11) is 0. The molecule has 0 aromatic carbocycles. The average molecular weight is 267 g/mol. The van der Waals surface area contributed by atoms with Crippen LogP contribution in [0.3, 0.4) is 0 Å². The summed E-state index contributed by atoms with van der Waals surface area (Å²) in [6.45, 7) is 0.0193. The summed E-state index contributed by atoms with van der Waals surface area (Å²) < 4.78 is 0. The Morgan fingerprint density at radius 3 is 2.80 bits per heavy atom. The number of aromatic nitrogens is 2. The van der Waals surface area contributed by atoms with Gasteiger partial charge in [-0.15, -0.1) is 0 Å². The number of carbonyl (C=O) groups is 1. The Labute approximate surface area is 116 Å². The molecule has 0 aliphatic rings. The molecule has 100 valence electrons. The van der Waals surface area contributed by atoms with E-state index in [0.29, 0.717) is 23.5 Å². The van der Waals surface area contributed by atoms with Crippen molar-refractivity contribution in [1.82, 2.24) is 9.97 Å². The molecular weight excluding hydrogens is 254 g/mol. The van der Waals surface area contributed by atoms with E-state index in [1.807, 2.05) is 0 Å². The summed E-state index contributed by atoms with van der Waals surface area (Å²) in [6, 6.07) is 8.45. The fraction of sp³-hybridized carbons (Fsp3) is 0.133. The number of aliphatic hydroxyl groups excluding tert-OH is 1. The largest absolute Gasteiger partial charge is 0.395 e. The van der Waals surface area contributed by atoms with E-state index in [0.717, 1.165) is 0 Å². The van der Waals surface area contributed by atoms with Crippen molar-refractivity contribution in [2.75, 3.05) is 11.9 Å². The summed E-state index contributed by atoms with van der Waals surface area (Å²) in [5, 5.41) is 11.4. The van der Waals surface area contributed by atoms with Gasteiger partial charge in [0.15, 0.2) is 0 Å². The van der Waals surface area contributed by atoms with E-state index in [1.54, 1.807) is 42.7 Å². The number of amides is 1. The van der Waals surface area contributed by atoms with Crippen molar-refractivity contribution >= 4 is 11.7 Å². The Balaban J connectivity index is 2.09. The molecule has 0 unspecified atom stereocenters. The molecule has 0 saturated carbocycles. The minimum atomic E-state index is -0.250. The van der Waals surface area contributed by atoms with Gasteiger partial charge in [-0.05, 0) is 30.2 Å². The highest BCUT2D eigenvalue weighted by atomic mass is 16.2. The SMILES string of the molecule is O=C(Nc1cccc(C#CCCO)n1)c1ccncc1. The van der Waals surface area contributed by atoms with Gasteiger partial charge in [0.1, 0.15) is 11.5 Å². The molecule has 2 heterocycles. The molecule has 2 rings (SSSR count). The van der Waals surface area contributed by atoms with Crippen molar-refractivity contribution in [3.63, 3.8) is 0 Å². The van der Waals surface area contributed by atoms with Gasteiger partial charge in [-0.3, -0.25) is 9.78 Å². The summed E-state index contributed by atoms with van der Waals surface area (Å²) in [5.41, 5.74) is 1.06. The van der Waals surface area contributed by atoms with Crippen LogP contribution in [0.25, 0.3) is 0 Å². The molecule has 0 fully saturated rings. The van der Waals surface area contributed by atoms with Crippen LogP contribution in [0.15, 0.2) is 42.7 Å². The maximum atomic E-state index is 11.9. The van der Waals surface area contributed by atoms with Crippen molar-refractivity contribution in [2.24, 2.45) is 0 Å². The highest BCUT2D eigenvalue weighted by molar-refractivity contribution is 6.03. The Kier molecular flexibility index (Phi) is 4.81. The highest BCUT2D eigenvalue weighted by Crippen LogP contribution is 2.07. The third-order valence-corrected chi connectivity index (χ3v) is 2.39. The van der Waals surface area contributed by atoms with Crippen molar-refractivity contribution < 1.29 is 9.90 Å². The fourth-order valence-electron chi connectivity index (χ4n) is 1.47. The Morgan fingerprint density at radius 1 is 1.25 bits per heavy atom. The van der Waals surface area contributed by atoms with Crippen LogP contribution >= 0.6 is 0 Å². The first-order valence-electron chi connectivity index (χ1n) is 6.08. The van der Waals surface area contributed by atoms with E-state index in [4.69, 9.17) is 5.11 Å². The Bertz CT molecular complexity index is 645. The lowest BCUT2D eigenvalue weighted by atomic mass is 10.2. The lowest BCUT2D eigenvalue weighted by Crippen LogP contribution is -2.13. The number of hydrogen-bond donors (Lipinski definition) is 2. The molecule has 0 saturated heterocycles. The van der Waals surface area contributed by atoms with E-state index in [2.05, 4.69) is 27.1 Å². The quantitative estimate of drug-likeness (QED) is 0.826. The second kappa shape index (κ2) is 7.02. The van der Waals surface area contributed by atoms with Crippen LogP contribution in [0.2, 0.25) is 0 Å². The number of pyridine rings is 2. The predicted molar refractivity (Wildman–Crippen MR) is 75.0 cm³/mol. The van der Waals surface area contributed by atoms with Crippen LogP contribution < -0.4 is 5.32 Å². The zero-order valence-electron chi connectivity index (χ0n) is 10.7. The Hall–Kier alpha value is -2.71. The molecule has 5 heteroatoms. The molecule has 1 amide bonds. The smallest absolute Gasteiger partial charge is 0.256 e. The molecular formula is C15H13N3O2. The van der Waals surface area contributed by atoms with Gasteiger partial charge in [-0.1, -0.05) is 12.0 Å². The number of aliphatic hydroxyl groups is 1. The zero-order valence-corrected chi connectivity index (χ0v) is 10.7. The summed E-state index contributed by atoms with van der Waals surface area (Å²) >= 11 is 0. The van der Waals surface area contributed by atoms with Crippen molar-refractivity contribution in [3.8, 4) is 11.8 Å². The molecule has 2 aromatic heterocycles. The van der Waals surface area contributed by atoms with Crippen LogP contribution in [0.4, 0.5) is 5.82 Å². The van der Waals surface area contributed by atoms with Gasteiger partial charge in [-0.2, -0.15) is 0 Å². The van der Waals surface area contributed by atoms with Crippen LogP contribution in [-0.2, 0) is 0 Å². The highest BCUT2D eigenvalue weighted by Gasteiger charge is 2.05. The van der Waals surface area contributed by atoms with Gasteiger partial charge in [0, 0.05) is 24.4 Å². The number of nitrogens with one attached hydrogen (secondary N) is 1. The summed E-state index contributed by atoms with van der Waals surface area (Å²) in [6.07, 6.45) is 3.51. The minimum absolute atomic E-state index is 0.0193. The molecule has 2 aromatic rings. The normalized spacial score (nSPS) is 9.45. The summed E-state index contributed by atoms with van der Waals surface area (Å²) in [5.74, 6) is 5.78. The lowest BCUT2D eigenvalue weighted by Gasteiger charge is -2.04. The second-order valence-corrected chi connectivity index (χ2v) is 3.87. The zero-order chi connectivity index (χ0) is 14.2. The monoisotopic (exact) mass is 267 g/mol. The average Bonchev–Trinajstić information content (AvgIpc) is 2.49. The van der Waals surface area contributed by atoms with Gasteiger partial charge < -0.3 is 10.4 Å². The van der Waals surface area contributed by atoms with E-state index >= 15 is 0 Å². The Morgan fingerprint density at radius 2 is 2.05 bits per heavy atom. The number of anilines is 1. The molecule has 5 nitrogen and oxygen atoms in total. The van der Waals surface area contributed by atoms with Gasteiger partial charge >= 0.3 is 0 Å². The van der Waals surface area contributed by atoms with E-state index in [1.165, 1.54) is 0 Å². The summed E-state index contributed by atoms with van der Waals surface area (Å²) in [4.78, 5) is 20.0. The van der Waals surface area contributed by atoms with Crippen LogP contribution in [-0.4, -0.2) is 27.6 Å². The molecule has 2 N–H and O–H groups in total.